The lowest BCUT2D eigenvalue weighted by molar-refractivity contribution is 0.299. The van der Waals surface area contributed by atoms with E-state index in [4.69, 9.17) is 5.11 Å². The van der Waals surface area contributed by atoms with Gasteiger partial charge in [-0.25, -0.2) is 8.42 Å². The first-order valence-corrected chi connectivity index (χ1v) is 9.49. The van der Waals surface area contributed by atoms with Gasteiger partial charge in [-0.3, -0.25) is 4.13 Å². The van der Waals surface area contributed by atoms with Gasteiger partial charge in [-0.2, -0.15) is 0 Å². The van der Waals surface area contributed by atoms with Crippen LogP contribution in [0.3, 0.4) is 0 Å². The number of aliphatic hydroxyl groups excluding tert-OH is 1. The van der Waals surface area contributed by atoms with Crippen molar-refractivity contribution in [3.8, 4) is 0 Å². The molecule has 0 amide bonds. The van der Waals surface area contributed by atoms with Crippen LogP contribution in [-0.2, 0) is 22.8 Å². The van der Waals surface area contributed by atoms with Crippen molar-refractivity contribution in [2.45, 2.75) is 31.3 Å². The third-order valence-electron chi connectivity index (χ3n) is 3.94. The molecule has 24 heavy (non-hydrogen) atoms. The molecule has 0 aliphatic rings. The molecule has 0 saturated carbocycles. The fraction of sp³-hybridized carbons (Fsp3) is 0.294. The van der Waals surface area contributed by atoms with E-state index in [0.717, 1.165) is 11.1 Å². The van der Waals surface area contributed by atoms with Crippen LogP contribution in [0, 0.1) is 0 Å². The number of rotatable bonds is 8. The number of hydrogen-bond acceptors (Lipinski definition) is 3. The summed E-state index contributed by atoms with van der Waals surface area (Å²) < 4.78 is 27.4. The third-order valence-corrected chi connectivity index (χ3v) is 5.91. The standard InChI is InChI=1S/C17H22B2NO3S/c1-18-20(19(2)14-16-7-4-3-5-8-16)24(22,23)17-10-6-9-15(13-17)11-12-21/h3-10,13,21H,11-12,14H2,1-2H3. The smallest absolute Gasteiger partial charge is 0.228 e. The molecule has 2 aromatic carbocycles. The molecule has 0 saturated heterocycles. The van der Waals surface area contributed by atoms with Crippen LogP contribution in [-0.4, -0.2) is 38.5 Å². The number of sulfonamides is 1. The van der Waals surface area contributed by atoms with E-state index in [1.165, 1.54) is 4.13 Å². The molecule has 0 aliphatic heterocycles. The summed E-state index contributed by atoms with van der Waals surface area (Å²) in [6.45, 7) is 3.44. The molecule has 0 atom stereocenters. The van der Waals surface area contributed by atoms with Crippen LogP contribution in [0.4, 0.5) is 0 Å². The molecule has 0 unspecified atom stereocenters. The maximum absolute atomic E-state index is 13.0. The first-order valence-electron chi connectivity index (χ1n) is 8.05. The highest BCUT2D eigenvalue weighted by molar-refractivity contribution is 7.91. The lowest BCUT2D eigenvalue weighted by Crippen LogP contribution is -2.45. The summed E-state index contributed by atoms with van der Waals surface area (Å²) in [6.07, 6.45) is 1.08. The molecule has 1 radical (unpaired) electrons. The van der Waals surface area contributed by atoms with E-state index in [1.54, 1.807) is 32.4 Å². The summed E-state index contributed by atoms with van der Waals surface area (Å²) in [7, 11) is -2.00. The van der Waals surface area contributed by atoms with Crippen LogP contribution in [0.15, 0.2) is 59.5 Å². The molecule has 2 rings (SSSR count). The normalized spacial score (nSPS) is 11.5. The summed E-state index contributed by atoms with van der Waals surface area (Å²) in [4.78, 5) is 0.256. The van der Waals surface area contributed by atoms with Gasteiger partial charge in [0.2, 0.25) is 24.3 Å². The molecule has 0 spiro atoms. The molecule has 1 N–H and O–H groups in total. The van der Waals surface area contributed by atoms with E-state index in [2.05, 4.69) is 0 Å². The van der Waals surface area contributed by atoms with E-state index in [1.807, 2.05) is 43.2 Å². The molecular formula is C17H22B2NO3S. The van der Waals surface area contributed by atoms with Crippen LogP contribution in [0.1, 0.15) is 11.1 Å². The van der Waals surface area contributed by atoms with Crippen LogP contribution < -0.4 is 0 Å². The molecule has 0 fully saturated rings. The van der Waals surface area contributed by atoms with Crippen molar-refractivity contribution in [2.75, 3.05) is 6.61 Å². The minimum absolute atomic E-state index is 0.00245. The second-order valence-electron chi connectivity index (χ2n) is 5.75. The predicted octanol–water partition coefficient (Wildman–Crippen LogP) is 2.28. The Balaban J connectivity index is 2.25. The Labute approximate surface area is 145 Å². The third kappa shape index (κ3) is 4.50. The zero-order valence-electron chi connectivity index (χ0n) is 14.1. The van der Waals surface area contributed by atoms with Gasteiger partial charge in [0.05, 0.1) is 4.90 Å². The van der Waals surface area contributed by atoms with E-state index < -0.39 is 10.0 Å². The van der Waals surface area contributed by atoms with Gasteiger partial charge in [-0.1, -0.05) is 61.7 Å². The lowest BCUT2D eigenvalue weighted by Gasteiger charge is -2.25. The zero-order chi connectivity index (χ0) is 17.6. The number of aliphatic hydroxyl groups is 1. The predicted molar refractivity (Wildman–Crippen MR) is 99.6 cm³/mol. The first kappa shape index (κ1) is 18.8. The molecule has 4 nitrogen and oxygen atoms in total. The van der Waals surface area contributed by atoms with E-state index in [0.29, 0.717) is 12.7 Å². The number of benzene rings is 2. The fourth-order valence-electron chi connectivity index (χ4n) is 2.79. The molecule has 0 bridgehead atoms. The van der Waals surface area contributed by atoms with Gasteiger partial charge >= 0.3 is 0 Å². The number of hydrogen-bond donors (Lipinski definition) is 1. The summed E-state index contributed by atoms with van der Waals surface area (Å²) in [5.41, 5.74) is 1.91. The molecule has 0 aromatic heterocycles. The minimum atomic E-state index is -3.62. The summed E-state index contributed by atoms with van der Waals surface area (Å²) >= 11 is 0. The van der Waals surface area contributed by atoms with Crippen molar-refractivity contribution in [1.82, 2.24) is 4.13 Å². The highest BCUT2D eigenvalue weighted by Gasteiger charge is 2.30. The van der Waals surface area contributed by atoms with Crippen molar-refractivity contribution in [3.63, 3.8) is 0 Å². The maximum Gasteiger partial charge on any atom is 0.228 e. The molecule has 7 heteroatoms. The van der Waals surface area contributed by atoms with Gasteiger partial charge in [0.15, 0.2) is 0 Å². The average Bonchev–Trinajstić information content (AvgIpc) is 2.56. The van der Waals surface area contributed by atoms with Crippen LogP contribution in [0.25, 0.3) is 0 Å². The Hall–Kier alpha value is -1.56. The lowest BCUT2D eigenvalue weighted by atomic mass is 9.56. The van der Waals surface area contributed by atoms with E-state index in [9.17, 15) is 8.42 Å². The molecular weight excluding hydrogens is 320 g/mol. The quantitative estimate of drug-likeness (QED) is 0.749. The van der Waals surface area contributed by atoms with Crippen LogP contribution in [0.5, 0.6) is 0 Å². The van der Waals surface area contributed by atoms with E-state index in [-0.39, 0.29) is 18.4 Å². The van der Waals surface area contributed by atoms with Crippen molar-refractivity contribution < 1.29 is 13.5 Å². The van der Waals surface area contributed by atoms with Crippen molar-refractivity contribution in [2.24, 2.45) is 0 Å². The Kier molecular flexibility index (Phi) is 6.66. The zero-order valence-corrected chi connectivity index (χ0v) is 14.9. The fourth-order valence-corrected chi connectivity index (χ4v) is 4.41. The SMILES string of the molecule is C[B]N(B(C)Cc1ccccc1)S(=O)(=O)c1cccc(CCO)c1. The summed E-state index contributed by atoms with van der Waals surface area (Å²) in [5, 5.41) is 9.06. The minimum Gasteiger partial charge on any atom is -0.396 e. The molecule has 0 heterocycles. The van der Waals surface area contributed by atoms with Gasteiger partial charge in [-0.05, 0) is 30.4 Å². The Morgan fingerprint density at radius 3 is 2.38 bits per heavy atom. The van der Waals surface area contributed by atoms with Gasteiger partial charge in [0.25, 0.3) is 0 Å². The van der Waals surface area contributed by atoms with Gasteiger partial charge in [0.1, 0.15) is 0 Å². The van der Waals surface area contributed by atoms with Crippen molar-refractivity contribution >= 4 is 24.3 Å². The second kappa shape index (κ2) is 8.51. The van der Waals surface area contributed by atoms with Gasteiger partial charge < -0.3 is 5.11 Å². The first-order chi connectivity index (χ1) is 11.5. The highest BCUT2D eigenvalue weighted by atomic mass is 32.2. The largest absolute Gasteiger partial charge is 0.396 e. The second-order valence-corrected chi connectivity index (χ2v) is 7.60. The molecule has 125 valence electrons. The molecule has 2 aromatic rings. The topological polar surface area (TPSA) is 57.6 Å². The van der Waals surface area contributed by atoms with E-state index >= 15 is 0 Å². The van der Waals surface area contributed by atoms with Gasteiger partial charge in [0, 0.05) is 6.61 Å². The Morgan fingerprint density at radius 2 is 1.75 bits per heavy atom. The molecule has 0 aliphatic carbocycles. The highest BCUT2D eigenvalue weighted by Crippen LogP contribution is 2.19. The number of nitrogens with zero attached hydrogens (tertiary/aromatic N) is 1. The maximum atomic E-state index is 13.0. The Bertz CT molecular complexity index is 753. The van der Waals surface area contributed by atoms with Crippen LogP contribution in [0.2, 0.25) is 13.6 Å². The van der Waals surface area contributed by atoms with Crippen molar-refractivity contribution in [1.29, 1.82) is 0 Å². The summed E-state index contributed by atoms with van der Waals surface area (Å²) in [5.74, 6) is 0. The summed E-state index contributed by atoms with van der Waals surface area (Å²) in [6, 6.07) is 16.6. The Morgan fingerprint density at radius 1 is 1.08 bits per heavy atom. The van der Waals surface area contributed by atoms with Gasteiger partial charge in [-0.15, -0.1) is 0 Å². The monoisotopic (exact) mass is 342 g/mol. The van der Waals surface area contributed by atoms with Crippen molar-refractivity contribution in [3.05, 3.63) is 65.7 Å². The van der Waals surface area contributed by atoms with Crippen LogP contribution >= 0.6 is 0 Å². The average molecular weight is 342 g/mol.